The standard InChI is InChI=1S/C13H15IN4O2S/c1-20-6-5-18-9-15-17-13(18)21-8-12(19)16-11-4-2-3-10(14)7-11/h2-4,7,9H,5-6,8H2,1H3,(H,16,19). The molecular weight excluding hydrogens is 403 g/mol. The second-order valence-electron chi connectivity index (χ2n) is 4.15. The molecule has 2 aromatic rings. The Labute approximate surface area is 140 Å². The third-order valence-electron chi connectivity index (χ3n) is 2.56. The summed E-state index contributed by atoms with van der Waals surface area (Å²) in [6.07, 6.45) is 1.64. The molecule has 1 aromatic carbocycles. The maximum atomic E-state index is 11.9. The lowest BCUT2D eigenvalue weighted by atomic mass is 10.3. The molecule has 0 saturated carbocycles. The molecule has 21 heavy (non-hydrogen) atoms. The Morgan fingerprint density at radius 3 is 3.14 bits per heavy atom. The minimum Gasteiger partial charge on any atom is -0.383 e. The van der Waals surface area contributed by atoms with Crippen molar-refractivity contribution in [3.63, 3.8) is 0 Å². The first kappa shape index (κ1) is 16.2. The number of thioether (sulfide) groups is 1. The molecule has 0 radical (unpaired) electrons. The Balaban J connectivity index is 1.85. The Hall–Kier alpha value is -1.13. The number of hydrogen-bond acceptors (Lipinski definition) is 5. The molecule has 0 unspecified atom stereocenters. The first-order valence-corrected chi connectivity index (χ1v) is 8.30. The number of ether oxygens (including phenoxy) is 1. The van der Waals surface area contributed by atoms with E-state index in [1.54, 1.807) is 13.4 Å². The van der Waals surface area contributed by atoms with Crippen LogP contribution < -0.4 is 5.32 Å². The van der Waals surface area contributed by atoms with Gasteiger partial charge in [-0.05, 0) is 40.8 Å². The van der Waals surface area contributed by atoms with Gasteiger partial charge in [-0.1, -0.05) is 17.8 Å². The van der Waals surface area contributed by atoms with Crippen molar-refractivity contribution in [2.24, 2.45) is 0 Å². The highest BCUT2D eigenvalue weighted by molar-refractivity contribution is 14.1. The predicted octanol–water partition coefficient (Wildman–Crippen LogP) is 2.26. The molecule has 0 aliphatic carbocycles. The van der Waals surface area contributed by atoms with Crippen molar-refractivity contribution < 1.29 is 9.53 Å². The molecule has 0 aliphatic rings. The zero-order valence-electron chi connectivity index (χ0n) is 11.5. The Morgan fingerprint density at radius 1 is 1.52 bits per heavy atom. The van der Waals surface area contributed by atoms with Gasteiger partial charge >= 0.3 is 0 Å². The van der Waals surface area contributed by atoms with E-state index >= 15 is 0 Å². The number of rotatable bonds is 7. The second kappa shape index (κ2) is 8.35. The number of halogens is 1. The molecule has 0 bridgehead atoms. The van der Waals surface area contributed by atoms with Crippen molar-refractivity contribution in [3.8, 4) is 0 Å². The summed E-state index contributed by atoms with van der Waals surface area (Å²) < 4.78 is 7.97. The second-order valence-corrected chi connectivity index (χ2v) is 6.34. The average molecular weight is 418 g/mol. The molecule has 0 spiro atoms. The van der Waals surface area contributed by atoms with Crippen LogP contribution in [0.25, 0.3) is 0 Å². The van der Waals surface area contributed by atoms with Gasteiger partial charge in [0.05, 0.1) is 12.4 Å². The van der Waals surface area contributed by atoms with E-state index in [1.807, 2.05) is 28.8 Å². The summed E-state index contributed by atoms with van der Waals surface area (Å²) in [7, 11) is 1.64. The lowest BCUT2D eigenvalue weighted by Gasteiger charge is -2.06. The molecule has 1 N–H and O–H groups in total. The molecule has 8 heteroatoms. The molecule has 0 fully saturated rings. The van der Waals surface area contributed by atoms with Gasteiger partial charge in [0.1, 0.15) is 6.33 Å². The van der Waals surface area contributed by atoms with E-state index in [0.29, 0.717) is 18.3 Å². The smallest absolute Gasteiger partial charge is 0.234 e. The van der Waals surface area contributed by atoms with Gasteiger partial charge < -0.3 is 14.6 Å². The molecule has 0 atom stereocenters. The van der Waals surface area contributed by atoms with E-state index in [4.69, 9.17) is 4.74 Å². The van der Waals surface area contributed by atoms with Crippen LogP contribution in [0, 0.1) is 3.57 Å². The van der Waals surface area contributed by atoms with Gasteiger partial charge in [-0.25, -0.2) is 0 Å². The van der Waals surface area contributed by atoms with Gasteiger partial charge in [0.2, 0.25) is 5.91 Å². The number of hydrogen-bond donors (Lipinski definition) is 1. The van der Waals surface area contributed by atoms with Gasteiger partial charge in [-0.3, -0.25) is 4.79 Å². The number of aromatic nitrogens is 3. The molecular formula is C13H15IN4O2S. The predicted molar refractivity (Wildman–Crippen MR) is 90.4 cm³/mol. The van der Waals surface area contributed by atoms with E-state index in [1.165, 1.54) is 11.8 Å². The van der Waals surface area contributed by atoms with Crippen molar-refractivity contribution in [1.29, 1.82) is 0 Å². The van der Waals surface area contributed by atoms with Crippen molar-refractivity contribution in [2.45, 2.75) is 11.7 Å². The third-order valence-corrected chi connectivity index (χ3v) is 4.21. The number of carbonyl (C=O) groups excluding carboxylic acids is 1. The van der Waals surface area contributed by atoms with Crippen molar-refractivity contribution in [1.82, 2.24) is 14.8 Å². The molecule has 6 nitrogen and oxygen atoms in total. The van der Waals surface area contributed by atoms with Gasteiger partial charge in [0.25, 0.3) is 0 Å². The number of benzene rings is 1. The summed E-state index contributed by atoms with van der Waals surface area (Å²) in [5, 5.41) is 11.4. The number of anilines is 1. The van der Waals surface area contributed by atoms with Crippen LogP contribution >= 0.6 is 34.4 Å². The molecule has 1 aromatic heterocycles. The fraction of sp³-hybridized carbons (Fsp3) is 0.308. The van der Waals surface area contributed by atoms with Crippen LogP contribution in [0.3, 0.4) is 0 Å². The normalized spacial score (nSPS) is 10.6. The quantitative estimate of drug-likeness (QED) is 0.552. The topological polar surface area (TPSA) is 69.0 Å². The Bertz CT molecular complexity index is 605. The van der Waals surface area contributed by atoms with E-state index < -0.39 is 0 Å². The van der Waals surface area contributed by atoms with Crippen LogP contribution in [0.2, 0.25) is 0 Å². The summed E-state index contributed by atoms with van der Waals surface area (Å²) in [6.45, 7) is 1.25. The number of nitrogens with zero attached hydrogens (tertiary/aromatic N) is 3. The van der Waals surface area contributed by atoms with E-state index in [2.05, 4.69) is 38.1 Å². The highest BCUT2D eigenvalue weighted by Crippen LogP contribution is 2.16. The summed E-state index contributed by atoms with van der Waals surface area (Å²) in [4.78, 5) is 11.9. The maximum absolute atomic E-state index is 11.9. The highest BCUT2D eigenvalue weighted by atomic mass is 127. The molecule has 2 rings (SSSR count). The first-order valence-electron chi connectivity index (χ1n) is 6.24. The minimum absolute atomic E-state index is 0.0664. The SMILES string of the molecule is COCCn1cnnc1SCC(=O)Nc1cccc(I)c1. The lowest BCUT2D eigenvalue weighted by molar-refractivity contribution is -0.113. The molecule has 1 amide bonds. The largest absolute Gasteiger partial charge is 0.383 e. The number of carbonyl (C=O) groups is 1. The molecule has 0 saturated heterocycles. The number of amides is 1. The van der Waals surface area contributed by atoms with Crippen LogP contribution in [0.5, 0.6) is 0 Å². The van der Waals surface area contributed by atoms with Gasteiger partial charge in [0, 0.05) is 22.9 Å². The maximum Gasteiger partial charge on any atom is 0.234 e. The minimum atomic E-state index is -0.0664. The fourth-order valence-electron chi connectivity index (χ4n) is 1.59. The van der Waals surface area contributed by atoms with Crippen molar-refractivity contribution in [3.05, 3.63) is 34.2 Å². The zero-order chi connectivity index (χ0) is 15.1. The van der Waals surface area contributed by atoms with Crippen LogP contribution in [-0.4, -0.2) is 40.1 Å². The monoisotopic (exact) mass is 418 g/mol. The van der Waals surface area contributed by atoms with Gasteiger partial charge in [-0.15, -0.1) is 10.2 Å². The Kier molecular flexibility index (Phi) is 6.46. The zero-order valence-corrected chi connectivity index (χ0v) is 14.4. The molecule has 112 valence electrons. The van der Waals surface area contributed by atoms with E-state index in [0.717, 1.165) is 9.26 Å². The molecule has 1 heterocycles. The van der Waals surface area contributed by atoms with Crippen LogP contribution in [0.1, 0.15) is 0 Å². The summed E-state index contributed by atoms with van der Waals surface area (Å²) in [5.41, 5.74) is 0.799. The summed E-state index contributed by atoms with van der Waals surface area (Å²) >= 11 is 3.56. The third kappa shape index (κ3) is 5.29. The fourth-order valence-corrected chi connectivity index (χ4v) is 2.88. The van der Waals surface area contributed by atoms with E-state index in [9.17, 15) is 4.79 Å². The Morgan fingerprint density at radius 2 is 2.38 bits per heavy atom. The number of methoxy groups -OCH3 is 1. The van der Waals surface area contributed by atoms with Gasteiger partial charge in [0.15, 0.2) is 5.16 Å². The summed E-state index contributed by atoms with van der Waals surface area (Å²) in [6, 6.07) is 7.67. The van der Waals surface area contributed by atoms with E-state index in [-0.39, 0.29) is 11.7 Å². The lowest BCUT2D eigenvalue weighted by Crippen LogP contribution is -2.15. The first-order chi connectivity index (χ1) is 10.2. The summed E-state index contributed by atoms with van der Waals surface area (Å²) in [5.74, 6) is 0.222. The van der Waals surface area contributed by atoms with Crippen LogP contribution in [0.15, 0.2) is 35.7 Å². The molecule has 0 aliphatic heterocycles. The van der Waals surface area contributed by atoms with Crippen LogP contribution in [0.4, 0.5) is 5.69 Å². The van der Waals surface area contributed by atoms with Crippen molar-refractivity contribution >= 4 is 45.9 Å². The average Bonchev–Trinajstić information content (AvgIpc) is 2.90. The van der Waals surface area contributed by atoms with Crippen LogP contribution in [-0.2, 0) is 16.1 Å². The van der Waals surface area contributed by atoms with Gasteiger partial charge in [-0.2, -0.15) is 0 Å². The van der Waals surface area contributed by atoms with Crippen molar-refractivity contribution in [2.75, 3.05) is 24.8 Å². The highest BCUT2D eigenvalue weighted by Gasteiger charge is 2.09. The number of nitrogens with one attached hydrogen (secondary N) is 1.